The van der Waals surface area contributed by atoms with E-state index in [1.807, 2.05) is 0 Å². The molecule has 1 amide bonds. The van der Waals surface area contributed by atoms with Crippen LogP contribution in [0.25, 0.3) is 0 Å². The zero-order valence-electron chi connectivity index (χ0n) is 19.9. The molecule has 0 spiro atoms. The van der Waals surface area contributed by atoms with Crippen LogP contribution in [0.2, 0.25) is 0 Å². The fourth-order valence-electron chi connectivity index (χ4n) is 4.01. The first-order chi connectivity index (χ1) is 15.1. The van der Waals surface area contributed by atoms with Crippen LogP contribution >= 0.6 is 24.0 Å². The summed E-state index contributed by atoms with van der Waals surface area (Å²) in [5, 5.41) is 6.80. The number of halogens is 1. The molecule has 32 heavy (non-hydrogen) atoms. The van der Waals surface area contributed by atoms with Crippen molar-refractivity contribution >= 4 is 41.5 Å². The van der Waals surface area contributed by atoms with Crippen molar-refractivity contribution in [3.63, 3.8) is 0 Å². The van der Waals surface area contributed by atoms with Gasteiger partial charge in [0, 0.05) is 44.3 Å². The molecular formula is C24H43IN6O. The summed E-state index contributed by atoms with van der Waals surface area (Å²) < 4.78 is 0. The molecule has 8 heteroatoms. The first-order valence-corrected chi connectivity index (χ1v) is 12.0. The van der Waals surface area contributed by atoms with Gasteiger partial charge < -0.3 is 26.2 Å². The lowest BCUT2D eigenvalue weighted by molar-refractivity contribution is -0.123. The zero-order valence-corrected chi connectivity index (χ0v) is 22.2. The number of carbonyl (C=O) groups is 1. The van der Waals surface area contributed by atoms with Crippen LogP contribution in [0.3, 0.4) is 0 Å². The molecule has 0 saturated carbocycles. The number of piperidine rings is 1. The number of aliphatic imine (C=N–C) groups is 1. The molecule has 1 aliphatic rings. The molecule has 1 fully saturated rings. The number of nitrogens with two attached hydrogens (primary N) is 1. The lowest BCUT2D eigenvalue weighted by Crippen LogP contribution is -2.39. The Labute approximate surface area is 211 Å². The summed E-state index contributed by atoms with van der Waals surface area (Å²) in [6.45, 7) is 12.0. The number of nitrogens with zero attached hydrogens (tertiary/aromatic N) is 3. The number of anilines is 1. The van der Waals surface area contributed by atoms with Gasteiger partial charge in [-0.05, 0) is 77.7 Å². The van der Waals surface area contributed by atoms with Crippen LogP contribution in [0.15, 0.2) is 35.3 Å². The van der Waals surface area contributed by atoms with Crippen molar-refractivity contribution in [2.24, 2.45) is 16.6 Å². The summed E-state index contributed by atoms with van der Waals surface area (Å²) in [5.74, 6) is 0.850. The van der Waals surface area contributed by atoms with E-state index in [2.05, 4.69) is 64.6 Å². The minimum absolute atomic E-state index is 0. The van der Waals surface area contributed by atoms with Gasteiger partial charge in [0.2, 0.25) is 5.91 Å². The molecule has 1 aromatic carbocycles. The Morgan fingerprint density at radius 3 is 2.47 bits per heavy atom. The van der Waals surface area contributed by atoms with Crippen molar-refractivity contribution in [1.82, 2.24) is 15.5 Å². The number of hydrogen-bond donors (Lipinski definition) is 3. The van der Waals surface area contributed by atoms with E-state index in [0.717, 1.165) is 90.4 Å². The standard InChI is InChI=1S/C24H42N6O.HI/c1-3-26-24(28-16-10-18-30(4-2)22-11-6-5-7-12-22)27-15-8-9-17-29-19-13-21(14-20-29)23(25)31;/h5-7,11-12,21H,3-4,8-10,13-20H2,1-2H3,(H2,25,31)(H2,26,27,28);1H. The van der Waals surface area contributed by atoms with Crippen LogP contribution in [0.5, 0.6) is 0 Å². The average molecular weight is 559 g/mol. The predicted molar refractivity (Wildman–Crippen MR) is 146 cm³/mol. The maximum Gasteiger partial charge on any atom is 0.220 e. The Morgan fingerprint density at radius 1 is 1.12 bits per heavy atom. The Hall–Kier alpha value is -1.55. The highest BCUT2D eigenvalue weighted by Crippen LogP contribution is 2.16. The summed E-state index contributed by atoms with van der Waals surface area (Å²) >= 11 is 0. The van der Waals surface area contributed by atoms with E-state index in [-0.39, 0.29) is 35.8 Å². The van der Waals surface area contributed by atoms with E-state index in [1.54, 1.807) is 0 Å². The second-order valence-electron chi connectivity index (χ2n) is 8.18. The van der Waals surface area contributed by atoms with E-state index >= 15 is 0 Å². The van der Waals surface area contributed by atoms with Crippen molar-refractivity contribution in [3.8, 4) is 0 Å². The van der Waals surface area contributed by atoms with Crippen LogP contribution in [0, 0.1) is 5.92 Å². The molecule has 1 heterocycles. The SMILES string of the molecule is CCNC(=NCCCN(CC)c1ccccc1)NCCCCN1CCC(C(N)=O)CC1.I. The van der Waals surface area contributed by atoms with E-state index in [1.165, 1.54) is 5.69 Å². The van der Waals surface area contributed by atoms with Gasteiger partial charge in [-0.15, -0.1) is 24.0 Å². The highest BCUT2D eigenvalue weighted by molar-refractivity contribution is 14.0. The number of amides is 1. The minimum Gasteiger partial charge on any atom is -0.372 e. The van der Waals surface area contributed by atoms with Crippen LogP contribution in [-0.2, 0) is 4.79 Å². The summed E-state index contributed by atoms with van der Waals surface area (Å²) in [5.41, 5.74) is 6.69. The van der Waals surface area contributed by atoms with Crippen LogP contribution in [-0.4, -0.2) is 69.1 Å². The molecule has 0 bridgehead atoms. The number of para-hydroxylation sites is 1. The van der Waals surface area contributed by atoms with Crippen molar-refractivity contribution in [2.45, 2.75) is 46.0 Å². The normalized spacial score (nSPS) is 15.1. The molecule has 0 unspecified atom stereocenters. The molecule has 0 aliphatic carbocycles. The van der Waals surface area contributed by atoms with E-state index < -0.39 is 0 Å². The first kappa shape index (κ1) is 28.5. The summed E-state index contributed by atoms with van der Waals surface area (Å²) in [4.78, 5) is 20.8. The highest BCUT2D eigenvalue weighted by atomic mass is 127. The number of guanidine groups is 1. The fourth-order valence-corrected chi connectivity index (χ4v) is 4.01. The molecule has 2 rings (SSSR count). The van der Waals surface area contributed by atoms with E-state index in [0.29, 0.717) is 0 Å². The van der Waals surface area contributed by atoms with Crippen LogP contribution in [0.1, 0.15) is 46.0 Å². The fraction of sp³-hybridized carbons (Fsp3) is 0.667. The van der Waals surface area contributed by atoms with Crippen molar-refractivity contribution in [3.05, 3.63) is 30.3 Å². The third-order valence-electron chi connectivity index (χ3n) is 5.89. The van der Waals surface area contributed by atoms with Gasteiger partial charge in [0.1, 0.15) is 0 Å². The number of unbranched alkanes of at least 4 members (excludes halogenated alkanes) is 1. The van der Waals surface area contributed by atoms with Gasteiger partial charge in [-0.2, -0.15) is 0 Å². The average Bonchev–Trinajstić information content (AvgIpc) is 2.79. The molecule has 182 valence electrons. The second-order valence-corrected chi connectivity index (χ2v) is 8.18. The van der Waals surface area contributed by atoms with Crippen molar-refractivity contribution < 1.29 is 4.79 Å². The van der Waals surface area contributed by atoms with Gasteiger partial charge in [0.25, 0.3) is 0 Å². The molecule has 0 atom stereocenters. The summed E-state index contributed by atoms with van der Waals surface area (Å²) in [6, 6.07) is 10.6. The largest absolute Gasteiger partial charge is 0.372 e. The van der Waals surface area contributed by atoms with Crippen molar-refractivity contribution in [2.75, 3.05) is 57.3 Å². The zero-order chi connectivity index (χ0) is 22.3. The van der Waals surface area contributed by atoms with Gasteiger partial charge in [-0.3, -0.25) is 9.79 Å². The molecule has 0 radical (unpaired) electrons. The van der Waals surface area contributed by atoms with Crippen molar-refractivity contribution in [1.29, 1.82) is 0 Å². The maximum atomic E-state index is 11.3. The molecule has 1 aliphatic heterocycles. The smallest absolute Gasteiger partial charge is 0.220 e. The lowest BCUT2D eigenvalue weighted by Gasteiger charge is -2.30. The molecule has 1 saturated heterocycles. The third kappa shape index (κ3) is 10.8. The van der Waals surface area contributed by atoms with Gasteiger partial charge in [0.15, 0.2) is 5.96 Å². The number of hydrogen-bond acceptors (Lipinski definition) is 4. The molecule has 4 N–H and O–H groups in total. The highest BCUT2D eigenvalue weighted by Gasteiger charge is 2.22. The molecule has 0 aromatic heterocycles. The summed E-state index contributed by atoms with van der Waals surface area (Å²) in [6.07, 6.45) is 5.10. The first-order valence-electron chi connectivity index (χ1n) is 12.0. The van der Waals surface area contributed by atoms with Gasteiger partial charge in [-0.25, -0.2) is 0 Å². The van der Waals surface area contributed by atoms with E-state index in [4.69, 9.17) is 10.7 Å². The lowest BCUT2D eigenvalue weighted by atomic mass is 9.96. The molecular weight excluding hydrogens is 515 g/mol. The number of rotatable bonds is 13. The Bertz CT molecular complexity index is 649. The molecule has 7 nitrogen and oxygen atoms in total. The van der Waals surface area contributed by atoms with E-state index in [9.17, 15) is 4.79 Å². The van der Waals surface area contributed by atoms with Gasteiger partial charge in [0.05, 0.1) is 0 Å². The van der Waals surface area contributed by atoms with Gasteiger partial charge >= 0.3 is 0 Å². The summed E-state index contributed by atoms with van der Waals surface area (Å²) in [7, 11) is 0. The monoisotopic (exact) mass is 558 g/mol. The number of likely N-dealkylation sites (tertiary alicyclic amines) is 1. The van der Waals surface area contributed by atoms with Crippen LogP contribution in [0.4, 0.5) is 5.69 Å². The Morgan fingerprint density at radius 2 is 1.84 bits per heavy atom. The Balaban J connectivity index is 0.00000512. The third-order valence-corrected chi connectivity index (χ3v) is 5.89. The minimum atomic E-state index is -0.137. The van der Waals surface area contributed by atoms with Gasteiger partial charge in [-0.1, -0.05) is 18.2 Å². The van der Waals surface area contributed by atoms with Crippen LogP contribution < -0.4 is 21.3 Å². The topological polar surface area (TPSA) is 86.0 Å². The molecule has 1 aromatic rings. The number of carbonyl (C=O) groups excluding carboxylic acids is 1. The number of primary amides is 1. The Kier molecular flexibility index (Phi) is 15.1. The predicted octanol–water partition coefficient (Wildman–Crippen LogP) is 3.05. The maximum absolute atomic E-state index is 11.3. The number of benzene rings is 1. The number of nitrogens with one attached hydrogen (secondary N) is 2. The second kappa shape index (κ2) is 17.0. The quantitative estimate of drug-likeness (QED) is 0.150.